The van der Waals surface area contributed by atoms with Crippen LogP contribution in [0.1, 0.15) is 25.3 Å². The number of nitrogens with zero attached hydrogens (tertiary/aromatic N) is 1. The van der Waals surface area contributed by atoms with E-state index in [9.17, 15) is 22.8 Å². The Hall–Kier alpha value is -1.80. The van der Waals surface area contributed by atoms with Gasteiger partial charge in [-0.15, -0.1) is 12.4 Å². The molecule has 2 amide bonds. The summed E-state index contributed by atoms with van der Waals surface area (Å²) in [4.78, 5) is 25.4. The molecule has 0 spiro atoms. The molecular weight excluding hydrogens is 359 g/mol. The predicted octanol–water partition coefficient (Wildman–Crippen LogP) is 1.52. The van der Waals surface area contributed by atoms with E-state index in [-0.39, 0.29) is 55.2 Å². The van der Waals surface area contributed by atoms with Crippen LogP contribution in [-0.4, -0.2) is 41.9 Å². The first-order valence-corrected chi connectivity index (χ1v) is 7.73. The average Bonchev–Trinajstić information content (AvgIpc) is 2.66. The number of nitrogens with one attached hydrogen (secondary N) is 1. The number of hydrogen-bond acceptors (Lipinski definition) is 3. The summed E-state index contributed by atoms with van der Waals surface area (Å²) < 4.78 is 39.8. The minimum atomic E-state index is -1.27. The van der Waals surface area contributed by atoms with Crippen LogP contribution in [0.25, 0.3) is 0 Å². The molecule has 0 aliphatic carbocycles. The lowest BCUT2D eigenvalue weighted by atomic mass is 10.0. The molecule has 0 bridgehead atoms. The molecule has 1 unspecified atom stereocenters. The van der Waals surface area contributed by atoms with Crippen molar-refractivity contribution in [3.63, 3.8) is 0 Å². The number of benzene rings is 1. The SMILES string of the molecule is CC1CCNC(=O)CN1C(=O)C[C@H](N)Cc1cc(F)c(F)cc1F.Cl. The Morgan fingerprint density at radius 3 is 2.64 bits per heavy atom. The van der Waals surface area contributed by atoms with Crippen molar-refractivity contribution in [2.75, 3.05) is 13.1 Å². The zero-order valence-electron chi connectivity index (χ0n) is 13.7. The van der Waals surface area contributed by atoms with Crippen LogP contribution in [0.2, 0.25) is 0 Å². The molecule has 9 heteroatoms. The summed E-state index contributed by atoms with van der Waals surface area (Å²) in [5.74, 6) is -3.91. The zero-order valence-corrected chi connectivity index (χ0v) is 14.5. The second-order valence-corrected chi connectivity index (χ2v) is 6.04. The van der Waals surface area contributed by atoms with Gasteiger partial charge in [-0.05, 0) is 31.4 Å². The van der Waals surface area contributed by atoms with Crippen LogP contribution in [0.3, 0.4) is 0 Å². The van der Waals surface area contributed by atoms with Crippen LogP contribution in [0.4, 0.5) is 13.2 Å². The minimum absolute atomic E-state index is 0. The highest BCUT2D eigenvalue weighted by Gasteiger charge is 2.26. The van der Waals surface area contributed by atoms with Gasteiger partial charge in [0, 0.05) is 31.1 Å². The van der Waals surface area contributed by atoms with Crippen LogP contribution in [0, 0.1) is 17.5 Å². The summed E-state index contributed by atoms with van der Waals surface area (Å²) in [5.41, 5.74) is 5.77. The van der Waals surface area contributed by atoms with Crippen LogP contribution in [0.15, 0.2) is 12.1 Å². The largest absolute Gasteiger partial charge is 0.354 e. The highest BCUT2D eigenvalue weighted by molar-refractivity contribution is 5.86. The van der Waals surface area contributed by atoms with Crippen molar-refractivity contribution >= 4 is 24.2 Å². The molecule has 1 aliphatic heterocycles. The van der Waals surface area contributed by atoms with E-state index in [1.807, 2.05) is 6.92 Å². The number of nitrogens with two attached hydrogens (primary N) is 1. The molecular formula is C16H21ClF3N3O2. The number of amides is 2. The third-order valence-electron chi connectivity index (χ3n) is 4.06. The van der Waals surface area contributed by atoms with Gasteiger partial charge in [-0.3, -0.25) is 9.59 Å². The Balaban J connectivity index is 0.00000312. The standard InChI is InChI=1S/C16H20F3N3O2.ClH/c1-9-2-3-21-15(23)8-22(9)16(24)6-11(20)4-10-5-13(18)14(19)7-12(10)17;/h5,7,9,11H,2-4,6,8,20H2,1H3,(H,21,23);1H/t9?,11-;/m1./s1. The van der Waals surface area contributed by atoms with Crippen LogP contribution < -0.4 is 11.1 Å². The van der Waals surface area contributed by atoms with E-state index in [2.05, 4.69) is 5.32 Å². The molecule has 25 heavy (non-hydrogen) atoms. The molecule has 3 N–H and O–H groups in total. The number of rotatable bonds is 4. The number of hydrogen-bond donors (Lipinski definition) is 2. The van der Waals surface area contributed by atoms with E-state index in [4.69, 9.17) is 5.73 Å². The molecule has 140 valence electrons. The summed E-state index contributed by atoms with van der Waals surface area (Å²) in [7, 11) is 0. The first-order chi connectivity index (χ1) is 11.3. The van der Waals surface area contributed by atoms with Crippen molar-refractivity contribution in [3.8, 4) is 0 Å². The molecule has 1 fully saturated rings. The minimum Gasteiger partial charge on any atom is -0.354 e. The van der Waals surface area contributed by atoms with Crippen molar-refractivity contribution in [1.29, 1.82) is 0 Å². The number of halogens is 4. The van der Waals surface area contributed by atoms with E-state index in [0.29, 0.717) is 19.0 Å². The topological polar surface area (TPSA) is 75.4 Å². The Kier molecular flexibility index (Phi) is 7.69. The molecule has 2 atom stereocenters. The maximum atomic E-state index is 13.6. The van der Waals surface area contributed by atoms with Crippen molar-refractivity contribution < 1.29 is 22.8 Å². The van der Waals surface area contributed by atoms with Crippen molar-refractivity contribution in [1.82, 2.24) is 10.2 Å². The van der Waals surface area contributed by atoms with Gasteiger partial charge in [0.25, 0.3) is 0 Å². The molecule has 1 heterocycles. The van der Waals surface area contributed by atoms with E-state index >= 15 is 0 Å². The zero-order chi connectivity index (χ0) is 17.9. The maximum Gasteiger partial charge on any atom is 0.239 e. The average molecular weight is 380 g/mol. The lowest BCUT2D eigenvalue weighted by Gasteiger charge is -2.27. The molecule has 0 radical (unpaired) electrons. The highest BCUT2D eigenvalue weighted by atomic mass is 35.5. The molecule has 5 nitrogen and oxygen atoms in total. The third-order valence-corrected chi connectivity index (χ3v) is 4.06. The van der Waals surface area contributed by atoms with Gasteiger partial charge in [0.15, 0.2) is 11.6 Å². The number of carbonyl (C=O) groups excluding carboxylic acids is 2. The normalized spacial score (nSPS) is 18.8. The summed E-state index contributed by atoms with van der Waals surface area (Å²) in [6.07, 6.45) is 0.407. The fourth-order valence-corrected chi connectivity index (χ4v) is 2.69. The van der Waals surface area contributed by atoms with Gasteiger partial charge in [-0.2, -0.15) is 0 Å². The smallest absolute Gasteiger partial charge is 0.239 e. The van der Waals surface area contributed by atoms with Gasteiger partial charge in [0.05, 0.1) is 6.54 Å². The highest BCUT2D eigenvalue weighted by Crippen LogP contribution is 2.17. The third kappa shape index (κ3) is 5.61. The molecule has 0 saturated carbocycles. The monoisotopic (exact) mass is 379 g/mol. The first kappa shape index (κ1) is 21.2. The lowest BCUT2D eigenvalue weighted by molar-refractivity contribution is -0.137. The maximum absolute atomic E-state index is 13.6. The van der Waals surface area contributed by atoms with Crippen molar-refractivity contribution in [2.24, 2.45) is 5.73 Å². The van der Waals surface area contributed by atoms with Gasteiger partial charge in [-0.25, -0.2) is 13.2 Å². The van der Waals surface area contributed by atoms with Crippen molar-refractivity contribution in [3.05, 3.63) is 35.1 Å². The second kappa shape index (κ2) is 9.05. The fraction of sp³-hybridized carbons (Fsp3) is 0.500. The summed E-state index contributed by atoms with van der Waals surface area (Å²) in [5, 5.41) is 2.68. The molecule has 1 aromatic rings. The van der Waals surface area contributed by atoms with Gasteiger partial charge < -0.3 is 16.0 Å². The fourth-order valence-electron chi connectivity index (χ4n) is 2.69. The van der Waals surface area contributed by atoms with Gasteiger partial charge in [0.1, 0.15) is 5.82 Å². The summed E-state index contributed by atoms with van der Waals surface area (Å²) in [6, 6.07) is 0.316. The lowest BCUT2D eigenvalue weighted by Crippen LogP contribution is -2.44. The Morgan fingerprint density at radius 2 is 1.96 bits per heavy atom. The first-order valence-electron chi connectivity index (χ1n) is 7.73. The van der Waals surface area contributed by atoms with E-state index in [0.717, 1.165) is 6.07 Å². The van der Waals surface area contributed by atoms with Crippen LogP contribution in [0.5, 0.6) is 0 Å². The predicted molar refractivity (Wildman–Crippen MR) is 88.7 cm³/mol. The Labute approximate surface area is 150 Å². The summed E-state index contributed by atoms with van der Waals surface area (Å²) >= 11 is 0. The van der Waals surface area contributed by atoms with Gasteiger partial charge in [-0.1, -0.05) is 0 Å². The van der Waals surface area contributed by atoms with E-state index in [1.165, 1.54) is 4.90 Å². The van der Waals surface area contributed by atoms with Gasteiger partial charge >= 0.3 is 0 Å². The quantitative estimate of drug-likeness (QED) is 0.779. The van der Waals surface area contributed by atoms with Crippen LogP contribution >= 0.6 is 12.4 Å². The summed E-state index contributed by atoms with van der Waals surface area (Å²) in [6.45, 7) is 2.28. The van der Waals surface area contributed by atoms with Crippen molar-refractivity contribution in [2.45, 2.75) is 38.3 Å². The molecule has 0 aromatic heterocycles. The molecule has 1 aliphatic rings. The van der Waals surface area contributed by atoms with Crippen LogP contribution in [-0.2, 0) is 16.0 Å². The van der Waals surface area contributed by atoms with E-state index < -0.39 is 23.5 Å². The number of carbonyl (C=O) groups is 2. The molecule has 2 rings (SSSR count). The Morgan fingerprint density at radius 1 is 1.32 bits per heavy atom. The van der Waals surface area contributed by atoms with Gasteiger partial charge in [0.2, 0.25) is 11.8 Å². The Bertz CT molecular complexity index is 645. The molecule has 1 aromatic carbocycles. The van der Waals surface area contributed by atoms with E-state index in [1.54, 1.807) is 0 Å². The molecule has 1 saturated heterocycles. The second-order valence-electron chi connectivity index (χ2n) is 6.04.